The molecule has 12 heteroatoms. The standard InChI is InChI=1S/C25H28FN11/c1-10(2)37-23-17(34-35-37)7-13(8-29-23)30-25-32-22-19(14-5-12(26)6-16(28-4)21(14)31-22)24(33-25)36-9-15-18(11(36)3)20(15)27/h5-8,10-11,15,18,20,28H,9,27H2,1-4H3,(H2,30,31,32,33)/t11-,15+,18?,20+/m1/s1. The van der Waals surface area contributed by atoms with Gasteiger partial charge >= 0.3 is 0 Å². The van der Waals surface area contributed by atoms with E-state index in [1.807, 2.05) is 19.9 Å². The Bertz CT molecular complexity index is 1690. The van der Waals surface area contributed by atoms with Crippen LogP contribution in [0.2, 0.25) is 0 Å². The maximum atomic E-state index is 14.6. The van der Waals surface area contributed by atoms with Crippen LogP contribution in [0.5, 0.6) is 0 Å². The highest BCUT2D eigenvalue weighted by Crippen LogP contribution is 2.51. The van der Waals surface area contributed by atoms with Crippen molar-refractivity contribution in [3.63, 3.8) is 0 Å². The molecule has 4 aromatic heterocycles. The summed E-state index contributed by atoms with van der Waals surface area (Å²) in [5.41, 5.74) is 10.5. The number of hydrogen-bond donors (Lipinski definition) is 4. The Balaban J connectivity index is 1.37. The van der Waals surface area contributed by atoms with Gasteiger partial charge in [-0.15, -0.1) is 5.10 Å². The van der Waals surface area contributed by atoms with E-state index >= 15 is 0 Å². The van der Waals surface area contributed by atoms with Crippen LogP contribution >= 0.6 is 0 Å². The number of fused-ring (bicyclic) bond motifs is 5. The summed E-state index contributed by atoms with van der Waals surface area (Å²) >= 11 is 0. The van der Waals surface area contributed by atoms with Gasteiger partial charge in [0.05, 0.1) is 34.5 Å². The Morgan fingerprint density at radius 3 is 2.78 bits per heavy atom. The van der Waals surface area contributed by atoms with Gasteiger partial charge in [-0.3, -0.25) is 0 Å². The third-order valence-corrected chi connectivity index (χ3v) is 7.85. The second-order valence-electron chi connectivity index (χ2n) is 10.4. The molecule has 11 nitrogen and oxygen atoms in total. The molecule has 2 fully saturated rings. The molecule has 0 spiro atoms. The van der Waals surface area contributed by atoms with Crippen LogP contribution in [0.3, 0.4) is 0 Å². The first-order valence-electron chi connectivity index (χ1n) is 12.5. The van der Waals surface area contributed by atoms with E-state index in [2.05, 4.69) is 42.7 Å². The Hall–Kier alpha value is -4.06. The number of benzene rings is 1. The third kappa shape index (κ3) is 3.24. The van der Waals surface area contributed by atoms with Crippen LogP contribution < -0.4 is 21.3 Å². The number of nitrogens with two attached hydrogens (primary N) is 1. The average molecular weight is 502 g/mol. The summed E-state index contributed by atoms with van der Waals surface area (Å²) in [6.07, 6.45) is 1.73. The first-order valence-corrected chi connectivity index (χ1v) is 12.5. The largest absolute Gasteiger partial charge is 0.386 e. The second-order valence-corrected chi connectivity index (χ2v) is 10.4. The highest BCUT2D eigenvalue weighted by molar-refractivity contribution is 6.15. The van der Waals surface area contributed by atoms with Gasteiger partial charge in [0.25, 0.3) is 0 Å². The predicted molar refractivity (Wildman–Crippen MR) is 142 cm³/mol. The van der Waals surface area contributed by atoms with Crippen molar-refractivity contribution in [3.05, 3.63) is 30.2 Å². The molecule has 2 aliphatic rings. The summed E-state index contributed by atoms with van der Waals surface area (Å²) in [6, 6.07) is 5.50. The first kappa shape index (κ1) is 22.2. The lowest BCUT2D eigenvalue weighted by Gasteiger charge is -2.27. The minimum atomic E-state index is -0.320. The molecular weight excluding hydrogens is 473 g/mol. The van der Waals surface area contributed by atoms with Crippen molar-refractivity contribution < 1.29 is 4.39 Å². The first-order chi connectivity index (χ1) is 17.8. The quantitative estimate of drug-likeness (QED) is 0.285. The van der Waals surface area contributed by atoms with Gasteiger partial charge in [-0.05, 0) is 44.9 Å². The number of piperidine rings is 1. The van der Waals surface area contributed by atoms with Crippen molar-refractivity contribution >= 4 is 56.2 Å². The zero-order valence-electron chi connectivity index (χ0n) is 21.0. The van der Waals surface area contributed by atoms with Crippen LogP contribution in [0.1, 0.15) is 26.8 Å². The van der Waals surface area contributed by atoms with E-state index in [1.54, 1.807) is 17.9 Å². The molecule has 1 aromatic carbocycles. The third-order valence-electron chi connectivity index (χ3n) is 7.85. The van der Waals surface area contributed by atoms with Crippen LogP contribution in [-0.4, -0.2) is 60.6 Å². The number of pyridine rings is 1. The van der Waals surface area contributed by atoms with E-state index in [-0.39, 0.29) is 23.9 Å². The Kier molecular flexibility index (Phi) is 4.62. The molecule has 1 aliphatic heterocycles. The summed E-state index contributed by atoms with van der Waals surface area (Å²) in [7, 11) is 1.77. The van der Waals surface area contributed by atoms with Gasteiger partial charge in [-0.25, -0.2) is 14.1 Å². The lowest BCUT2D eigenvalue weighted by atomic mass is 10.1. The number of halogens is 1. The average Bonchev–Trinajstić information content (AvgIpc) is 3.21. The molecule has 1 aliphatic carbocycles. The second kappa shape index (κ2) is 7.72. The van der Waals surface area contributed by atoms with Crippen molar-refractivity contribution in [3.8, 4) is 0 Å². The maximum absolute atomic E-state index is 14.6. The van der Waals surface area contributed by atoms with Crippen LogP contribution in [-0.2, 0) is 0 Å². The fraction of sp³-hybridized carbons (Fsp3) is 0.400. The van der Waals surface area contributed by atoms with E-state index in [9.17, 15) is 4.39 Å². The molecule has 5 N–H and O–H groups in total. The van der Waals surface area contributed by atoms with Crippen LogP contribution in [0.15, 0.2) is 24.4 Å². The van der Waals surface area contributed by atoms with Crippen molar-refractivity contribution in [1.29, 1.82) is 0 Å². The number of rotatable bonds is 5. The number of anilines is 4. The fourth-order valence-corrected chi connectivity index (χ4v) is 5.92. The summed E-state index contributed by atoms with van der Waals surface area (Å²) in [6.45, 7) is 7.07. The summed E-state index contributed by atoms with van der Waals surface area (Å²) < 4.78 is 16.4. The summed E-state index contributed by atoms with van der Waals surface area (Å²) in [5.74, 6) is 1.74. The van der Waals surface area contributed by atoms with Crippen molar-refractivity contribution in [2.75, 3.05) is 29.1 Å². The monoisotopic (exact) mass is 501 g/mol. The molecule has 1 saturated heterocycles. The highest BCUT2D eigenvalue weighted by Gasteiger charge is 2.58. The van der Waals surface area contributed by atoms with Crippen LogP contribution in [0, 0.1) is 17.7 Å². The Morgan fingerprint density at radius 2 is 2.05 bits per heavy atom. The Labute approximate surface area is 211 Å². The highest BCUT2D eigenvalue weighted by atomic mass is 19.1. The van der Waals surface area contributed by atoms with Crippen molar-refractivity contribution in [1.82, 2.24) is 34.9 Å². The van der Waals surface area contributed by atoms with Gasteiger partial charge in [0, 0.05) is 37.0 Å². The molecule has 5 aromatic rings. The van der Waals surface area contributed by atoms with Gasteiger partial charge in [-0.1, -0.05) is 5.21 Å². The lowest BCUT2D eigenvalue weighted by Crippen LogP contribution is -2.36. The zero-order valence-corrected chi connectivity index (χ0v) is 21.0. The SMILES string of the molecule is CNc1cc(F)cc2c1[nH]c1nc(Nc3cnc4c(c3)nnn4C(C)C)nc(N3C[C@H]4C([C@H]4N)[C@H]3C)c12. The Morgan fingerprint density at radius 1 is 1.22 bits per heavy atom. The minimum absolute atomic E-state index is 0.153. The molecule has 1 unspecified atom stereocenters. The number of nitrogens with one attached hydrogen (secondary N) is 3. The van der Waals surface area contributed by atoms with Gasteiger partial charge in [0.2, 0.25) is 5.95 Å². The van der Waals surface area contributed by atoms with E-state index in [0.717, 1.165) is 34.3 Å². The summed E-state index contributed by atoms with van der Waals surface area (Å²) in [4.78, 5) is 20.0. The maximum Gasteiger partial charge on any atom is 0.231 e. The minimum Gasteiger partial charge on any atom is -0.386 e. The smallest absolute Gasteiger partial charge is 0.231 e. The molecule has 190 valence electrons. The topological polar surface area (TPSA) is 138 Å². The van der Waals surface area contributed by atoms with Crippen LogP contribution in [0.25, 0.3) is 33.1 Å². The lowest BCUT2D eigenvalue weighted by molar-refractivity contribution is 0.526. The van der Waals surface area contributed by atoms with E-state index in [4.69, 9.17) is 15.7 Å². The number of hydrogen-bond acceptors (Lipinski definition) is 9. The number of aromatic nitrogens is 7. The van der Waals surface area contributed by atoms with Crippen molar-refractivity contribution in [2.24, 2.45) is 17.6 Å². The molecule has 0 bridgehead atoms. The predicted octanol–water partition coefficient (Wildman–Crippen LogP) is 3.54. The number of H-pyrrole nitrogens is 1. The number of nitrogens with zero attached hydrogens (tertiary/aromatic N) is 7. The zero-order chi connectivity index (χ0) is 25.6. The summed E-state index contributed by atoms with van der Waals surface area (Å²) in [5, 5.41) is 16.4. The van der Waals surface area contributed by atoms with E-state index in [1.165, 1.54) is 12.1 Å². The van der Waals surface area contributed by atoms with Gasteiger partial charge < -0.3 is 26.3 Å². The van der Waals surface area contributed by atoms with Gasteiger partial charge in [-0.2, -0.15) is 9.97 Å². The molecule has 4 atom stereocenters. The molecule has 37 heavy (non-hydrogen) atoms. The van der Waals surface area contributed by atoms with Gasteiger partial charge in [0.1, 0.15) is 22.8 Å². The molecule has 0 amide bonds. The molecular formula is C25H28FN11. The molecule has 0 radical (unpaired) electrons. The van der Waals surface area contributed by atoms with Crippen molar-refractivity contribution in [2.45, 2.75) is 38.9 Å². The van der Waals surface area contributed by atoms with E-state index in [0.29, 0.717) is 40.3 Å². The molecule has 7 rings (SSSR count). The van der Waals surface area contributed by atoms with Gasteiger partial charge in [0.15, 0.2) is 5.65 Å². The molecule has 1 saturated carbocycles. The van der Waals surface area contributed by atoms with E-state index < -0.39 is 0 Å². The van der Waals surface area contributed by atoms with Crippen LogP contribution in [0.4, 0.5) is 27.5 Å². The molecule has 5 heterocycles. The number of aromatic amines is 1. The fourth-order valence-electron chi connectivity index (χ4n) is 5.92. The normalized spacial score (nSPS) is 22.9.